The standard InChI is InChI=1S/C20H19ClF6N2O2/c1-2-17(30)28-10-12-6-7-15(9-16(12)21)29-11-18(31,20(25,26)27)13-4-3-5-14(8-13)19(22,23)24/h3-9,29,31H,2,10-11H2,1H3,(H,28,30)/t18-/m0/s1. The van der Waals surface area contributed by atoms with E-state index in [-0.39, 0.29) is 35.6 Å². The quantitative estimate of drug-likeness (QED) is 0.487. The molecular weight excluding hydrogens is 450 g/mol. The molecule has 1 amide bonds. The maximum Gasteiger partial charge on any atom is 0.423 e. The molecule has 0 radical (unpaired) electrons. The van der Waals surface area contributed by atoms with E-state index in [1.165, 1.54) is 18.2 Å². The van der Waals surface area contributed by atoms with Gasteiger partial charge in [-0.25, -0.2) is 0 Å². The van der Waals surface area contributed by atoms with Crippen molar-refractivity contribution in [3.8, 4) is 0 Å². The monoisotopic (exact) mass is 468 g/mol. The molecule has 2 rings (SSSR count). The van der Waals surface area contributed by atoms with Gasteiger partial charge in [-0.15, -0.1) is 0 Å². The van der Waals surface area contributed by atoms with E-state index in [1.54, 1.807) is 6.92 Å². The first-order chi connectivity index (χ1) is 14.3. The summed E-state index contributed by atoms with van der Waals surface area (Å²) in [6, 6.07) is 6.59. The Morgan fingerprint density at radius 3 is 2.23 bits per heavy atom. The summed E-state index contributed by atoms with van der Waals surface area (Å²) in [7, 11) is 0. The highest BCUT2D eigenvalue weighted by Crippen LogP contribution is 2.41. The number of nitrogens with one attached hydrogen (secondary N) is 2. The average Bonchev–Trinajstić information content (AvgIpc) is 2.69. The predicted molar refractivity (Wildman–Crippen MR) is 103 cm³/mol. The second kappa shape index (κ2) is 9.35. The molecular formula is C20H19ClF6N2O2. The van der Waals surface area contributed by atoms with E-state index in [0.717, 1.165) is 12.1 Å². The lowest BCUT2D eigenvalue weighted by Crippen LogP contribution is -2.48. The van der Waals surface area contributed by atoms with Crippen LogP contribution in [0.25, 0.3) is 0 Å². The fourth-order valence-electron chi connectivity index (χ4n) is 2.67. The van der Waals surface area contributed by atoms with Crippen molar-refractivity contribution in [2.75, 3.05) is 11.9 Å². The maximum absolute atomic E-state index is 13.6. The fraction of sp³-hybridized carbons (Fsp3) is 0.350. The zero-order valence-corrected chi connectivity index (χ0v) is 16.9. The number of carbonyl (C=O) groups excluding carboxylic acids is 1. The first kappa shape index (κ1) is 24.8. The Morgan fingerprint density at radius 1 is 1.03 bits per heavy atom. The van der Waals surface area contributed by atoms with Gasteiger partial charge in [0.05, 0.1) is 12.1 Å². The minimum absolute atomic E-state index is 0.102. The Labute approximate surface area is 179 Å². The molecule has 0 aliphatic rings. The second-order valence-corrected chi connectivity index (χ2v) is 7.13. The second-order valence-electron chi connectivity index (χ2n) is 6.73. The molecule has 0 saturated heterocycles. The Kier molecular flexibility index (Phi) is 7.48. The molecule has 2 aromatic carbocycles. The summed E-state index contributed by atoms with van der Waals surface area (Å²) in [5.74, 6) is -0.213. The van der Waals surface area contributed by atoms with Gasteiger partial charge in [-0.05, 0) is 35.4 Å². The number of benzene rings is 2. The van der Waals surface area contributed by atoms with Gasteiger partial charge < -0.3 is 15.7 Å². The first-order valence-corrected chi connectivity index (χ1v) is 9.41. The number of rotatable bonds is 7. The average molecular weight is 469 g/mol. The number of hydrogen-bond donors (Lipinski definition) is 3. The van der Waals surface area contributed by atoms with Gasteiger partial charge in [-0.2, -0.15) is 26.3 Å². The molecule has 0 unspecified atom stereocenters. The molecule has 3 N–H and O–H groups in total. The van der Waals surface area contributed by atoms with Crippen molar-refractivity contribution in [3.05, 3.63) is 64.2 Å². The van der Waals surface area contributed by atoms with Crippen molar-refractivity contribution in [3.63, 3.8) is 0 Å². The summed E-state index contributed by atoms with van der Waals surface area (Å²) in [6.07, 6.45) is -9.87. The third kappa shape index (κ3) is 6.04. The molecule has 4 nitrogen and oxygen atoms in total. The topological polar surface area (TPSA) is 61.4 Å². The number of carbonyl (C=O) groups is 1. The largest absolute Gasteiger partial charge is 0.423 e. The van der Waals surface area contributed by atoms with E-state index >= 15 is 0 Å². The van der Waals surface area contributed by atoms with Crippen molar-refractivity contribution in [2.24, 2.45) is 0 Å². The van der Waals surface area contributed by atoms with Gasteiger partial charge in [0, 0.05) is 23.7 Å². The van der Waals surface area contributed by atoms with Crippen LogP contribution in [0.2, 0.25) is 5.02 Å². The maximum atomic E-state index is 13.6. The lowest BCUT2D eigenvalue weighted by atomic mass is 9.91. The minimum atomic E-state index is -5.27. The number of aliphatic hydroxyl groups is 1. The van der Waals surface area contributed by atoms with E-state index in [4.69, 9.17) is 11.6 Å². The van der Waals surface area contributed by atoms with Crippen LogP contribution in [0.3, 0.4) is 0 Å². The molecule has 0 saturated carbocycles. The van der Waals surface area contributed by atoms with Crippen LogP contribution in [0.15, 0.2) is 42.5 Å². The lowest BCUT2D eigenvalue weighted by Gasteiger charge is -2.32. The van der Waals surface area contributed by atoms with E-state index < -0.39 is 35.6 Å². The van der Waals surface area contributed by atoms with Crippen LogP contribution < -0.4 is 10.6 Å². The molecule has 0 aliphatic carbocycles. The van der Waals surface area contributed by atoms with Gasteiger partial charge in [-0.3, -0.25) is 4.79 Å². The molecule has 31 heavy (non-hydrogen) atoms. The van der Waals surface area contributed by atoms with Crippen molar-refractivity contribution in [2.45, 2.75) is 37.8 Å². The van der Waals surface area contributed by atoms with Crippen LogP contribution in [0.1, 0.15) is 30.0 Å². The molecule has 0 heterocycles. The van der Waals surface area contributed by atoms with E-state index in [9.17, 15) is 36.2 Å². The van der Waals surface area contributed by atoms with Crippen LogP contribution >= 0.6 is 11.6 Å². The number of hydrogen-bond acceptors (Lipinski definition) is 3. The summed E-state index contributed by atoms with van der Waals surface area (Å²) in [6.45, 7) is 0.624. The number of alkyl halides is 6. The molecule has 0 spiro atoms. The summed E-state index contributed by atoms with van der Waals surface area (Å²) in [5, 5.41) is 15.4. The van der Waals surface area contributed by atoms with Gasteiger partial charge in [0.1, 0.15) is 0 Å². The van der Waals surface area contributed by atoms with E-state index in [2.05, 4.69) is 10.6 Å². The van der Waals surface area contributed by atoms with Gasteiger partial charge >= 0.3 is 12.4 Å². The van der Waals surface area contributed by atoms with Crippen LogP contribution in [0.4, 0.5) is 32.0 Å². The molecule has 11 heteroatoms. The van der Waals surface area contributed by atoms with Gasteiger partial charge in [-0.1, -0.05) is 36.7 Å². The fourth-order valence-corrected chi connectivity index (χ4v) is 2.92. The summed E-state index contributed by atoms with van der Waals surface area (Å²) in [4.78, 5) is 11.3. The third-order valence-corrected chi connectivity index (χ3v) is 4.89. The Balaban J connectivity index is 2.25. The molecule has 1 atom stereocenters. The SMILES string of the molecule is CCC(=O)NCc1ccc(NC[C@](O)(c2cccc(C(F)(F)F)c2)C(F)(F)F)cc1Cl. The zero-order valence-electron chi connectivity index (χ0n) is 16.2. The Hall–Kier alpha value is -2.46. The van der Waals surface area contributed by atoms with Gasteiger partial charge in [0.2, 0.25) is 11.5 Å². The van der Waals surface area contributed by atoms with Crippen LogP contribution in [0, 0.1) is 0 Å². The Bertz CT molecular complexity index is 933. The van der Waals surface area contributed by atoms with E-state index in [0.29, 0.717) is 11.6 Å². The molecule has 0 fully saturated rings. The third-order valence-electron chi connectivity index (χ3n) is 4.53. The lowest BCUT2D eigenvalue weighted by molar-refractivity contribution is -0.260. The predicted octanol–water partition coefficient (Wildman–Crippen LogP) is 5.25. The smallest absolute Gasteiger partial charge is 0.381 e. The summed E-state index contributed by atoms with van der Waals surface area (Å²) < 4.78 is 79.6. The summed E-state index contributed by atoms with van der Waals surface area (Å²) >= 11 is 6.08. The molecule has 0 aromatic heterocycles. The van der Waals surface area contributed by atoms with Crippen LogP contribution in [-0.2, 0) is 23.1 Å². The molecule has 2 aromatic rings. The van der Waals surface area contributed by atoms with Crippen molar-refractivity contribution < 1.29 is 36.2 Å². The molecule has 170 valence electrons. The summed E-state index contributed by atoms with van der Waals surface area (Å²) in [5.41, 5.74) is -5.24. The number of halogens is 7. The van der Waals surface area contributed by atoms with Gasteiger partial charge in [0.15, 0.2) is 0 Å². The molecule has 0 aliphatic heterocycles. The van der Waals surface area contributed by atoms with Crippen LogP contribution in [-0.4, -0.2) is 23.7 Å². The van der Waals surface area contributed by atoms with Crippen LogP contribution in [0.5, 0.6) is 0 Å². The highest BCUT2D eigenvalue weighted by atomic mass is 35.5. The number of anilines is 1. The van der Waals surface area contributed by atoms with E-state index in [1.807, 2.05) is 0 Å². The van der Waals surface area contributed by atoms with Crippen molar-refractivity contribution in [1.82, 2.24) is 5.32 Å². The van der Waals surface area contributed by atoms with Crippen molar-refractivity contribution in [1.29, 1.82) is 0 Å². The highest BCUT2D eigenvalue weighted by Gasteiger charge is 2.55. The normalized spacial score (nSPS) is 14.1. The van der Waals surface area contributed by atoms with Crippen molar-refractivity contribution >= 4 is 23.2 Å². The molecule has 0 bridgehead atoms. The highest BCUT2D eigenvalue weighted by molar-refractivity contribution is 6.31. The minimum Gasteiger partial charge on any atom is -0.381 e. The Morgan fingerprint density at radius 2 is 1.68 bits per heavy atom. The van der Waals surface area contributed by atoms with Gasteiger partial charge in [0.25, 0.3) is 0 Å². The number of amides is 1. The zero-order chi connectivity index (χ0) is 23.4. The first-order valence-electron chi connectivity index (χ1n) is 9.03.